The molecule has 0 unspecified atom stereocenters. The van der Waals surface area contributed by atoms with E-state index in [1.165, 1.54) is 12.8 Å². The summed E-state index contributed by atoms with van der Waals surface area (Å²) >= 11 is 0. The summed E-state index contributed by atoms with van der Waals surface area (Å²) < 4.78 is 5.80. The fourth-order valence-corrected chi connectivity index (χ4v) is 3.77. The van der Waals surface area contributed by atoms with Crippen molar-refractivity contribution in [2.45, 2.75) is 52.0 Å². The summed E-state index contributed by atoms with van der Waals surface area (Å²) in [6.07, 6.45) is 5.98. The van der Waals surface area contributed by atoms with E-state index in [1.54, 1.807) is 4.90 Å². The van der Waals surface area contributed by atoms with Gasteiger partial charge in [0.05, 0.1) is 13.1 Å². The van der Waals surface area contributed by atoms with Crippen molar-refractivity contribution in [3.63, 3.8) is 0 Å². The van der Waals surface area contributed by atoms with Gasteiger partial charge in [-0.2, -0.15) is 0 Å². The zero-order chi connectivity index (χ0) is 19.1. The van der Waals surface area contributed by atoms with E-state index < -0.39 is 0 Å². The van der Waals surface area contributed by atoms with E-state index in [1.807, 2.05) is 24.0 Å². The van der Waals surface area contributed by atoms with Gasteiger partial charge >= 0.3 is 6.03 Å². The van der Waals surface area contributed by atoms with Crippen molar-refractivity contribution in [2.75, 3.05) is 32.8 Å². The van der Waals surface area contributed by atoms with Crippen molar-refractivity contribution >= 4 is 11.9 Å². The molecule has 0 radical (unpaired) electrons. The summed E-state index contributed by atoms with van der Waals surface area (Å²) in [5.41, 5.74) is 2.14. The average molecular weight is 373 g/mol. The highest BCUT2D eigenvalue weighted by atomic mass is 16.5. The normalized spacial score (nSPS) is 17.4. The van der Waals surface area contributed by atoms with Gasteiger partial charge in [-0.3, -0.25) is 4.79 Å². The lowest BCUT2D eigenvalue weighted by Gasteiger charge is -2.21. The van der Waals surface area contributed by atoms with Crippen LogP contribution in [-0.2, 0) is 17.8 Å². The molecule has 2 aliphatic rings. The molecule has 0 saturated carbocycles. The maximum absolute atomic E-state index is 12.5. The molecular weight excluding hydrogens is 342 g/mol. The van der Waals surface area contributed by atoms with Crippen LogP contribution in [0.1, 0.15) is 50.2 Å². The number of hydrogen-bond donors (Lipinski definition) is 1. The molecule has 6 nitrogen and oxygen atoms in total. The number of amides is 3. The number of aryl methyl sites for hydroxylation is 1. The molecule has 1 saturated heterocycles. The molecule has 1 aromatic carbocycles. The van der Waals surface area contributed by atoms with Gasteiger partial charge < -0.3 is 19.9 Å². The number of nitrogens with one attached hydrogen (secondary N) is 1. The molecule has 0 atom stereocenters. The molecular formula is C21H31N3O3. The molecule has 1 aromatic rings. The highest BCUT2D eigenvalue weighted by Crippen LogP contribution is 2.25. The standard InChI is InChI=1S/C21H31N3O3/c1-2-22-21(26)24-13-14-27-19-9-7-17(15-18(19)16-24)8-10-20(25)23-11-5-3-4-6-12-23/h7,9,15H,2-6,8,10-14,16H2,1H3,(H,22,26). The molecule has 0 bridgehead atoms. The second-order valence-electron chi connectivity index (χ2n) is 7.34. The number of likely N-dealkylation sites (tertiary alicyclic amines) is 1. The number of carbonyl (C=O) groups excluding carboxylic acids is 2. The van der Waals surface area contributed by atoms with Gasteiger partial charge in [0.1, 0.15) is 12.4 Å². The van der Waals surface area contributed by atoms with E-state index >= 15 is 0 Å². The smallest absolute Gasteiger partial charge is 0.317 e. The molecule has 0 spiro atoms. The summed E-state index contributed by atoms with van der Waals surface area (Å²) in [6, 6.07) is 6.04. The molecule has 0 aromatic heterocycles. The lowest BCUT2D eigenvalue weighted by atomic mass is 10.0. The van der Waals surface area contributed by atoms with E-state index in [0.717, 1.165) is 49.2 Å². The van der Waals surface area contributed by atoms with Crippen molar-refractivity contribution in [3.8, 4) is 5.75 Å². The molecule has 3 amide bonds. The van der Waals surface area contributed by atoms with E-state index in [2.05, 4.69) is 11.4 Å². The van der Waals surface area contributed by atoms with Crippen LogP contribution < -0.4 is 10.1 Å². The lowest BCUT2D eigenvalue weighted by Crippen LogP contribution is -2.40. The van der Waals surface area contributed by atoms with E-state index in [4.69, 9.17) is 4.74 Å². The first-order valence-corrected chi connectivity index (χ1v) is 10.2. The topological polar surface area (TPSA) is 61.9 Å². The summed E-state index contributed by atoms with van der Waals surface area (Å²) in [7, 11) is 0. The Morgan fingerprint density at radius 1 is 1.07 bits per heavy atom. The van der Waals surface area contributed by atoms with Gasteiger partial charge in [-0.1, -0.05) is 25.0 Å². The Kier molecular flexibility index (Phi) is 6.96. The fraction of sp³-hybridized carbons (Fsp3) is 0.619. The first-order chi connectivity index (χ1) is 13.2. The first-order valence-electron chi connectivity index (χ1n) is 10.2. The van der Waals surface area contributed by atoms with Crippen molar-refractivity contribution in [2.24, 2.45) is 0 Å². The molecule has 1 fully saturated rings. The Bertz CT molecular complexity index is 654. The zero-order valence-corrected chi connectivity index (χ0v) is 16.3. The summed E-state index contributed by atoms with van der Waals surface area (Å²) in [5, 5.41) is 2.85. The summed E-state index contributed by atoms with van der Waals surface area (Å²) in [5.74, 6) is 1.09. The highest BCUT2D eigenvalue weighted by molar-refractivity contribution is 5.76. The second-order valence-corrected chi connectivity index (χ2v) is 7.34. The number of fused-ring (bicyclic) bond motifs is 1. The zero-order valence-electron chi connectivity index (χ0n) is 16.3. The molecule has 27 heavy (non-hydrogen) atoms. The van der Waals surface area contributed by atoms with Crippen molar-refractivity contribution in [1.82, 2.24) is 15.1 Å². The second kappa shape index (κ2) is 9.62. The third-order valence-corrected chi connectivity index (χ3v) is 5.31. The Labute approximate surface area is 161 Å². The van der Waals surface area contributed by atoms with Gasteiger partial charge in [0, 0.05) is 31.6 Å². The number of rotatable bonds is 4. The Morgan fingerprint density at radius 2 is 1.85 bits per heavy atom. The minimum Gasteiger partial charge on any atom is -0.491 e. The van der Waals surface area contributed by atoms with Crippen LogP contribution in [0.2, 0.25) is 0 Å². The van der Waals surface area contributed by atoms with Gasteiger partial charge in [0.2, 0.25) is 5.91 Å². The van der Waals surface area contributed by atoms with Crippen molar-refractivity contribution in [3.05, 3.63) is 29.3 Å². The van der Waals surface area contributed by atoms with Gasteiger partial charge in [-0.15, -0.1) is 0 Å². The average Bonchev–Trinajstić information content (AvgIpc) is 3.07. The third-order valence-electron chi connectivity index (χ3n) is 5.31. The number of carbonyl (C=O) groups is 2. The molecule has 0 aliphatic carbocycles. The van der Waals surface area contributed by atoms with Gasteiger partial charge in [0.15, 0.2) is 0 Å². The van der Waals surface area contributed by atoms with Gasteiger partial charge in [-0.05, 0) is 37.8 Å². The Balaban J connectivity index is 1.61. The molecule has 2 heterocycles. The largest absolute Gasteiger partial charge is 0.491 e. The number of nitrogens with zero attached hydrogens (tertiary/aromatic N) is 2. The minimum atomic E-state index is -0.0595. The monoisotopic (exact) mass is 373 g/mol. The predicted octanol–water partition coefficient (Wildman–Crippen LogP) is 2.95. The van der Waals surface area contributed by atoms with Crippen LogP contribution in [0.25, 0.3) is 0 Å². The highest BCUT2D eigenvalue weighted by Gasteiger charge is 2.20. The van der Waals surface area contributed by atoms with E-state index in [0.29, 0.717) is 32.7 Å². The Morgan fingerprint density at radius 3 is 2.59 bits per heavy atom. The fourth-order valence-electron chi connectivity index (χ4n) is 3.77. The SMILES string of the molecule is CCNC(=O)N1CCOc2ccc(CCC(=O)N3CCCCCC3)cc2C1. The molecule has 6 heteroatoms. The van der Waals surface area contributed by atoms with Crippen LogP contribution in [0.15, 0.2) is 18.2 Å². The number of ether oxygens (including phenoxy) is 1. The van der Waals surface area contributed by atoms with Crippen LogP contribution in [0.5, 0.6) is 5.75 Å². The van der Waals surface area contributed by atoms with Crippen LogP contribution in [0.3, 0.4) is 0 Å². The maximum atomic E-state index is 12.5. The van der Waals surface area contributed by atoms with Gasteiger partial charge in [0.25, 0.3) is 0 Å². The molecule has 3 rings (SSSR count). The maximum Gasteiger partial charge on any atom is 0.317 e. The van der Waals surface area contributed by atoms with Crippen LogP contribution >= 0.6 is 0 Å². The van der Waals surface area contributed by atoms with Crippen LogP contribution in [0.4, 0.5) is 4.79 Å². The predicted molar refractivity (Wildman–Crippen MR) is 105 cm³/mol. The van der Waals surface area contributed by atoms with Crippen molar-refractivity contribution < 1.29 is 14.3 Å². The van der Waals surface area contributed by atoms with E-state index in [9.17, 15) is 9.59 Å². The third kappa shape index (κ3) is 5.37. The molecule has 2 aliphatic heterocycles. The number of benzene rings is 1. The Hall–Kier alpha value is -2.24. The summed E-state index contributed by atoms with van der Waals surface area (Å²) in [4.78, 5) is 28.5. The number of urea groups is 1. The quantitative estimate of drug-likeness (QED) is 0.883. The number of hydrogen-bond acceptors (Lipinski definition) is 3. The first kappa shape index (κ1) is 19.5. The van der Waals surface area contributed by atoms with E-state index in [-0.39, 0.29) is 11.9 Å². The molecule has 1 N–H and O–H groups in total. The van der Waals surface area contributed by atoms with Crippen LogP contribution in [0, 0.1) is 0 Å². The lowest BCUT2D eigenvalue weighted by molar-refractivity contribution is -0.131. The summed E-state index contributed by atoms with van der Waals surface area (Å²) in [6.45, 7) is 5.94. The van der Waals surface area contributed by atoms with Crippen molar-refractivity contribution in [1.29, 1.82) is 0 Å². The minimum absolute atomic E-state index is 0.0595. The van der Waals surface area contributed by atoms with Crippen LogP contribution in [-0.4, -0.2) is 54.5 Å². The molecule has 148 valence electrons. The van der Waals surface area contributed by atoms with Gasteiger partial charge in [-0.25, -0.2) is 4.79 Å².